The number of nitrogens with zero attached hydrogens (tertiary/aromatic N) is 5. The van der Waals surface area contributed by atoms with Gasteiger partial charge >= 0.3 is 0 Å². The lowest BCUT2D eigenvalue weighted by atomic mass is 10.0. The number of anilines is 5. The summed E-state index contributed by atoms with van der Waals surface area (Å²) in [4.78, 5) is 55.2. The van der Waals surface area contributed by atoms with Gasteiger partial charge in [0.15, 0.2) is 5.13 Å². The summed E-state index contributed by atoms with van der Waals surface area (Å²) >= 11 is 7.52. The van der Waals surface area contributed by atoms with Crippen LogP contribution in [0.4, 0.5) is 28.1 Å². The number of carbonyl (C=O) groups excluding carboxylic acids is 3. The molecule has 4 aromatic rings. The van der Waals surface area contributed by atoms with Crippen LogP contribution in [0.3, 0.4) is 0 Å². The average Bonchev–Trinajstić information content (AvgIpc) is 3.53. The molecule has 2 aliphatic heterocycles. The summed E-state index contributed by atoms with van der Waals surface area (Å²) in [5.74, 6) is 1.36. The number of imide groups is 1. The van der Waals surface area contributed by atoms with Crippen molar-refractivity contribution in [3.8, 4) is 0 Å². The third kappa shape index (κ3) is 8.09. The molecule has 12 nitrogen and oxygen atoms in total. The van der Waals surface area contributed by atoms with Crippen LogP contribution < -0.4 is 26.2 Å². The standard InChI is InChI=1S/C34H38ClN9O3S/c1-20-5-4-6-25(35)31(20)42-33(47)27-18-36-34(48-27)40-28-17-29(38-21(2)37-28)44-15-13-24(14-16-44)43(3)19-22-7-9-23(10-8-22)39-26-11-12-30(45)41-32(26)46/h4-10,17-18,24,26,39H,11-16,19H2,1-3H3,(H,42,47)(H,41,45,46)(H,36,37,38,40). The third-order valence-corrected chi connectivity index (χ3v) is 9.85. The highest BCUT2D eigenvalue weighted by atomic mass is 35.5. The van der Waals surface area contributed by atoms with Gasteiger partial charge in [-0.3, -0.25) is 24.6 Å². The number of aryl methyl sites for hydroxylation is 2. The monoisotopic (exact) mass is 687 g/mol. The molecule has 0 saturated carbocycles. The van der Waals surface area contributed by atoms with Gasteiger partial charge in [-0.05, 0) is 69.5 Å². The summed E-state index contributed by atoms with van der Waals surface area (Å²) in [6.45, 7) is 6.30. The molecule has 2 aromatic carbocycles. The van der Waals surface area contributed by atoms with Crippen molar-refractivity contribution in [2.75, 3.05) is 41.0 Å². The summed E-state index contributed by atoms with van der Waals surface area (Å²) in [5.41, 5.74) is 3.53. The normalized spacial score (nSPS) is 16.9. The summed E-state index contributed by atoms with van der Waals surface area (Å²) in [7, 11) is 2.16. The fourth-order valence-corrected chi connectivity index (χ4v) is 6.97. The van der Waals surface area contributed by atoms with Gasteiger partial charge in [-0.2, -0.15) is 0 Å². The molecular weight excluding hydrogens is 650 g/mol. The Morgan fingerprint density at radius 3 is 2.58 bits per heavy atom. The minimum Gasteiger partial charge on any atom is -0.374 e. The van der Waals surface area contributed by atoms with Gasteiger partial charge in [-0.1, -0.05) is 47.2 Å². The molecule has 250 valence electrons. The largest absolute Gasteiger partial charge is 0.374 e. The average molecular weight is 688 g/mol. The lowest BCUT2D eigenvalue weighted by molar-refractivity contribution is -0.133. The Labute approximate surface area is 288 Å². The first-order valence-electron chi connectivity index (χ1n) is 15.9. The van der Waals surface area contributed by atoms with Gasteiger partial charge < -0.3 is 20.9 Å². The third-order valence-electron chi connectivity index (χ3n) is 8.63. The predicted molar refractivity (Wildman–Crippen MR) is 189 cm³/mol. The first-order chi connectivity index (χ1) is 23.1. The molecule has 0 spiro atoms. The molecule has 1 unspecified atom stereocenters. The Hall–Kier alpha value is -4.59. The zero-order chi connectivity index (χ0) is 33.8. The van der Waals surface area contributed by atoms with Gasteiger partial charge in [-0.15, -0.1) is 0 Å². The van der Waals surface area contributed by atoms with Gasteiger partial charge in [-0.25, -0.2) is 15.0 Å². The number of carbonyl (C=O) groups is 3. The van der Waals surface area contributed by atoms with Gasteiger partial charge in [0.1, 0.15) is 28.4 Å². The summed E-state index contributed by atoms with van der Waals surface area (Å²) in [6, 6.07) is 15.6. The van der Waals surface area contributed by atoms with Gasteiger partial charge in [0.25, 0.3) is 5.91 Å². The van der Waals surface area contributed by atoms with E-state index in [9.17, 15) is 14.4 Å². The highest BCUT2D eigenvalue weighted by Crippen LogP contribution is 2.29. The van der Waals surface area contributed by atoms with Crippen molar-refractivity contribution in [3.05, 3.63) is 81.6 Å². The van der Waals surface area contributed by atoms with Crippen molar-refractivity contribution in [2.24, 2.45) is 0 Å². The number of aromatic nitrogens is 3. The van der Waals surface area contributed by atoms with Crippen LogP contribution in [0.1, 0.15) is 52.3 Å². The number of para-hydroxylation sites is 1. The molecule has 4 N–H and O–H groups in total. The zero-order valence-electron chi connectivity index (χ0n) is 27.0. The smallest absolute Gasteiger partial charge is 0.267 e. The Morgan fingerprint density at radius 2 is 1.85 bits per heavy atom. The zero-order valence-corrected chi connectivity index (χ0v) is 28.6. The fraction of sp³-hybridized carbons (Fsp3) is 0.353. The topological polar surface area (TPSA) is 144 Å². The summed E-state index contributed by atoms with van der Waals surface area (Å²) in [6.07, 6.45) is 4.37. The van der Waals surface area contributed by atoms with E-state index in [0.29, 0.717) is 51.2 Å². The van der Waals surface area contributed by atoms with E-state index >= 15 is 0 Å². The highest BCUT2D eigenvalue weighted by Gasteiger charge is 2.27. The van der Waals surface area contributed by atoms with Crippen LogP contribution in [0.5, 0.6) is 0 Å². The summed E-state index contributed by atoms with van der Waals surface area (Å²) < 4.78 is 0. The molecule has 48 heavy (non-hydrogen) atoms. The van der Waals surface area contributed by atoms with Crippen molar-refractivity contribution in [1.29, 1.82) is 0 Å². The van der Waals surface area contributed by atoms with E-state index in [0.717, 1.165) is 49.5 Å². The van der Waals surface area contributed by atoms with Crippen molar-refractivity contribution in [2.45, 2.75) is 58.2 Å². The molecule has 2 saturated heterocycles. The van der Waals surface area contributed by atoms with E-state index in [1.807, 2.05) is 44.2 Å². The van der Waals surface area contributed by atoms with E-state index in [1.165, 1.54) is 23.1 Å². The molecule has 0 radical (unpaired) electrons. The number of amides is 3. The van der Waals surface area contributed by atoms with E-state index < -0.39 is 6.04 Å². The van der Waals surface area contributed by atoms with Crippen LogP contribution in [-0.4, -0.2) is 69.8 Å². The minimum absolute atomic E-state index is 0.216. The molecule has 2 fully saturated rings. The van der Waals surface area contributed by atoms with Crippen LogP contribution in [0, 0.1) is 13.8 Å². The number of hydrogen-bond donors (Lipinski definition) is 4. The molecule has 2 aromatic heterocycles. The van der Waals surface area contributed by atoms with Gasteiger partial charge in [0, 0.05) is 43.9 Å². The minimum atomic E-state index is -0.393. The molecule has 0 bridgehead atoms. The Bertz CT molecular complexity index is 1790. The van der Waals surface area contributed by atoms with Crippen molar-refractivity contribution in [3.63, 3.8) is 0 Å². The number of halogens is 1. The number of thiazole rings is 1. The SMILES string of the molecule is Cc1nc(Nc2ncc(C(=O)Nc3c(C)cccc3Cl)s2)cc(N2CCC(N(C)Cc3ccc(NC4CCC(=O)NC4=O)cc3)CC2)n1. The maximum absolute atomic E-state index is 12.9. The molecule has 2 aliphatic rings. The van der Waals surface area contributed by atoms with E-state index in [-0.39, 0.29) is 17.7 Å². The van der Waals surface area contributed by atoms with E-state index in [2.05, 4.69) is 60.2 Å². The van der Waals surface area contributed by atoms with Crippen LogP contribution >= 0.6 is 22.9 Å². The van der Waals surface area contributed by atoms with E-state index in [1.54, 1.807) is 6.07 Å². The van der Waals surface area contributed by atoms with Crippen LogP contribution in [0.25, 0.3) is 0 Å². The van der Waals surface area contributed by atoms with Gasteiger partial charge in [0.05, 0.1) is 16.9 Å². The van der Waals surface area contributed by atoms with Crippen molar-refractivity contribution in [1.82, 2.24) is 25.2 Å². The van der Waals surface area contributed by atoms with Crippen molar-refractivity contribution < 1.29 is 14.4 Å². The quantitative estimate of drug-likeness (QED) is 0.157. The molecular formula is C34H38ClN9O3S. The maximum atomic E-state index is 12.9. The number of rotatable bonds is 10. The number of hydrogen-bond acceptors (Lipinski definition) is 11. The van der Waals surface area contributed by atoms with Gasteiger partial charge in [0.2, 0.25) is 11.8 Å². The van der Waals surface area contributed by atoms with E-state index in [4.69, 9.17) is 16.6 Å². The first kappa shape index (κ1) is 33.3. The van der Waals surface area contributed by atoms with Crippen LogP contribution in [0.15, 0.2) is 54.7 Å². The second kappa shape index (κ2) is 14.7. The molecule has 1 atom stereocenters. The van der Waals surface area contributed by atoms with Crippen molar-refractivity contribution >= 4 is 68.8 Å². The Balaban J connectivity index is 1.00. The maximum Gasteiger partial charge on any atom is 0.267 e. The van der Waals surface area contributed by atoms with Crippen LogP contribution in [-0.2, 0) is 16.1 Å². The number of benzene rings is 2. The number of nitrogens with one attached hydrogen (secondary N) is 4. The lowest BCUT2D eigenvalue weighted by Crippen LogP contribution is -2.47. The molecule has 4 heterocycles. The second-order valence-corrected chi connectivity index (χ2v) is 13.6. The fourth-order valence-electron chi connectivity index (χ4n) is 5.98. The number of piperidine rings is 2. The molecule has 3 amide bonds. The predicted octanol–water partition coefficient (Wildman–Crippen LogP) is 5.52. The second-order valence-electron chi connectivity index (χ2n) is 12.2. The lowest BCUT2D eigenvalue weighted by Gasteiger charge is -2.37. The highest BCUT2D eigenvalue weighted by molar-refractivity contribution is 7.17. The first-order valence-corrected chi connectivity index (χ1v) is 17.1. The molecule has 0 aliphatic carbocycles. The molecule has 14 heteroatoms. The summed E-state index contributed by atoms with van der Waals surface area (Å²) in [5, 5.41) is 12.8. The van der Waals surface area contributed by atoms with Crippen LogP contribution in [0.2, 0.25) is 5.02 Å². The Morgan fingerprint density at radius 1 is 1.08 bits per heavy atom. The molecule has 6 rings (SSSR count). The Kier molecular flexibility index (Phi) is 10.2.